The molecular weight excluding hydrogens is 305 g/mol. The number of para-hydroxylation sites is 1. The van der Waals surface area contributed by atoms with E-state index in [9.17, 15) is 18.0 Å². The summed E-state index contributed by atoms with van der Waals surface area (Å²) in [6.45, 7) is 0. The number of rotatable bonds is 2. The number of ketones is 1. The molecule has 0 aliphatic carbocycles. The van der Waals surface area contributed by atoms with E-state index in [-0.39, 0.29) is 11.3 Å². The molecule has 0 bridgehead atoms. The molecule has 6 heteroatoms. The van der Waals surface area contributed by atoms with Crippen LogP contribution < -0.4 is 5.73 Å². The maximum absolute atomic E-state index is 12.8. The Bertz CT molecular complexity index is 904. The summed E-state index contributed by atoms with van der Waals surface area (Å²) in [7, 11) is 0. The number of halogens is 3. The van der Waals surface area contributed by atoms with Crippen LogP contribution in [0.15, 0.2) is 54.6 Å². The molecule has 0 spiro atoms. The largest absolute Gasteiger partial charge is 0.416 e. The maximum Gasteiger partial charge on any atom is 0.416 e. The number of carbonyl (C=O) groups is 1. The molecule has 0 saturated heterocycles. The summed E-state index contributed by atoms with van der Waals surface area (Å²) in [4.78, 5) is 16.6. The van der Waals surface area contributed by atoms with Crippen LogP contribution in [0.5, 0.6) is 0 Å². The Kier molecular flexibility index (Phi) is 3.52. The van der Waals surface area contributed by atoms with Crippen LogP contribution in [0.3, 0.4) is 0 Å². The van der Waals surface area contributed by atoms with Gasteiger partial charge >= 0.3 is 6.18 Å². The van der Waals surface area contributed by atoms with E-state index in [1.807, 2.05) is 0 Å². The van der Waals surface area contributed by atoms with Crippen LogP contribution in [0.2, 0.25) is 0 Å². The second-order valence-electron chi connectivity index (χ2n) is 5.02. The van der Waals surface area contributed by atoms with Crippen molar-refractivity contribution in [2.45, 2.75) is 6.18 Å². The predicted molar refractivity (Wildman–Crippen MR) is 81.0 cm³/mol. The zero-order chi connectivity index (χ0) is 16.6. The highest BCUT2D eigenvalue weighted by atomic mass is 19.4. The number of aromatic nitrogens is 1. The molecule has 1 aromatic heterocycles. The van der Waals surface area contributed by atoms with Crippen molar-refractivity contribution in [2.75, 3.05) is 5.73 Å². The highest BCUT2D eigenvalue weighted by Crippen LogP contribution is 2.30. The molecule has 0 atom stereocenters. The number of alkyl halides is 3. The van der Waals surface area contributed by atoms with Gasteiger partial charge in [-0.05, 0) is 24.3 Å². The van der Waals surface area contributed by atoms with Crippen molar-refractivity contribution in [2.24, 2.45) is 0 Å². The summed E-state index contributed by atoms with van der Waals surface area (Å²) in [5.41, 5.74) is 5.79. The predicted octanol–water partition coefficient (Wildman–Crippen LogP) is 4.07. The van der Waals surface area contributed by atoms with Crippen molar-refractivity contribution in [1.82, 2.24) is 4.98 Å². The second-order valence-corrected chi connectivity index (χ2v) is 5.02. The summed E-state index contributed by atoms with van der Waals surface area (Å²) in [5.74, 6) is -0.582. The maximum atomic E-state index is 12.8. The molecule has 0 radical (unpaired) electrons. The zero-order valence-electron chi connectivity index (χ0n) is 11.8. The fraction of sp³-hybridized carbons (Fsp3) is 0.0588. The average Bonchev–Trinajstić information content (AvgIpc) is 2.54. The van der Waals surface area contributed by atoms with E-state index in [1.165, 1.54) is 18.2 Å². The summed E-state index contributed by atoms with van der Waals surface area (Å²) < 4.78 is 38.3. The van der Waals surface area contributed by atoms with E-state index in [0.29, 0.717) is 11.2 Å². The number of nitrogens with zero attached hydrogens (tertiary/aromatic N) is 1. The molecule has 0 aliphatic heterocycles. The minimum absolute atomic E-state index is 0.0507. The van der Waals surface area contributed by atoms with Gasteiger partial charge in [0.2, 0.25) is 5.78 Å². The van der Waals surface area contributed by atoms with Gasteiger partial charge in [0.15, 0.2) is 0 Å². The van der Waals surface area contributed by atoms with Gasteiger partial charge in [0, 0.05) is 10.9 Å². The third-order valence-corrected chi connectivity index (χ3v) is 3.44. The molecule has 1 heterocycles. The molecule has 2 N–H and O–H groups in total. The van der Waals surface area contributed by atoms with Crippen molar-refractivity contribution in [3.63, 3.8) is 0 Å². The Hall–Kier alpha value is -2.89. The quantitative estimate of drug-likeness (QED) is 0.573. The molecule has 23 heavy (non-hydrogen) atoms. The number of fused-ring (bicyclic) bond motifs is 1. The Morgan fingerprint density at radius 2 is 1.74 bits per heavy atom. The van der Waals surface area contributed by atoms with Gasteiger partial charge in [0.05, 0.1) is 16.8 Å². The summed E-state index contributed by atoms with van der Waals surface area (Å²) in [6.07, 6.45) is -4.50. The lowest BCUT2D eigenvalue weighted by atomic mass is 10.0. The first kappa shape index (κ1) is 15.0. The Labute approximate surface area is 129 Å². The lowest BCUT2D eigenvalue weighted by Crippen LogP contribution is -2.09. The average molecular weight is 316 g/mol. The number of carbonyl (C=O) groups excluding carboxylic acids is 1. The Morgan fingerprint density at radius 3 is 2.48 bits per heavy atom. The van der Waals surface area contributed by atoms with Crippen molar-refractivity contribution >= 4 is 22.4 Å². The van der Waals surface area contributed by atoms with Crippen molar-refractivity contribution in [3.8, 4) is 0 Å². The van der Waals surface area contributed by atoms with Crippen molar-refractivity contribution < 1.29 is 18.0 Å². The van der Waals surface area contributed by atoms with Crippen LogP contribution in [0.4, 0.5) is 18.9 Å². The molecule has 0 amide bonds. The molecule has 3 rings (SSSR count). The van der Waals surface area contributed by atoms with Crippen LogP contribution in [-0.4, -0.2) is 10.8 Å². The first-order chi connectivity index (χ1) is 10.9. The first-order valence-electron chi connectivity index (χ1n) is 6.73. The number of pyridine rings is 1. The van der Waals surface area contributed by atoms with E-state index in [2.05, 4.69) is 4.98 Å². The third kappa shape index (κ3) is 2.88. The number of anilines is 1. The fourth-order valence-corrected chi connectivity index (χ4v) is 2.28. The van der Waals surface area contributed by atoms with Gasteiger partial charge in [-0.25, -0.2) is 4.98 Å². The van der Waals surface area contributed by atoms with E-state index in [4.69, 9.17) is 5.73 Å². The van der Waals surface area contributed by atoms with Gasteiger partial charge in [-0.15, -0.1) is 0 Å². The van der Waals surface area contributed by atoms with Crippen LogP contribution in [0.25, 0.3) is 10.9 Å². The lowest BCUT2D eigenvalue weighted by molar-refractivity contribution is -0.137. The van der Waals surface area contributed by atoms with Gasteiger partial charge < -0.3 is 5.73 Å². The first-order valence-corrected chi connectivity index (χ1v) is 6.73. The topological polar surface area (TPSA) is 56.0 Å². The number of nitrogens with two attached hydrogens (primary N) is 1. The van der Waals surface area contributed by atoms with Crippen LogP contribution in [-0.2, 0) is 6.18 Å². The van der Waals surface area contributed by atoms with E-state index in [1.54, 1.807) is 24.3 Å². The molecule has 116 valence electrons. The minimum Gasteiger partial charge on any atom is -0.397 e. The molecule has 0 fully saturated rings. The molecule has 0 aliphatic rings. The third-order valence-electron chi connectivity index (χ3n) is 3.44. The van der Waals surface area contributed by atoms with Gasteiger partial charge in [-0.2, -0.15) is 13.2 Å². The number of hydrogen-bond acceptors (Lipinski definition) is 3. The molecule has 3 aromatic rings. The number of nitrogen functional groups attached to an aromatic ring is 1. The Balaban J connectivity index is 2.05. The number of benzene rings is 2. The van der Waals surface area contributed by atoms with Crippen molar-refractivity contribution in [1.29, 1.82) is 0 Å². The van der Waals surface area contributed by atoms with E-state index >= 15 is 0 Å². The standard InChI is InChI=1S/C17H11F3N2O/c18-17(19,20)12-5-1-4-11(9-12)16(23)14-8-7-10-3-2-6-13(21)15(10)22-14/h1-9H,21H2. The molecule has 0 saturated carbocycles. The summed E-state index contributed by atoms with van der Waals surface area (Å²) in [6, 6.07) is 12.6. The van der Waals surface area contributed by atoms with Gasteiger partial charge in [-0.3, -0.25) is 4.79 Å². The highest BCUT2D eigenvalue weighted by molar-refractivity contribution is 6.09. The van der Waals surface area contributed by atoms with Crippen LogP contribution in [0, 0.1) is 0 Å². The highest BCUT2D eigenvalue weighted by Gasteiger charge is 2.31. The molecular formula is C17H11F3N2O. The second kappa shape index (κ2) is 5.39. The van der Waals surface area contributed by atoms with Crippen LogP contribution >= 0.6 is 0 Å². The zero-order valence-corrected chi connectivity index (χ0v) is 11.8. The fourth-order valence-electron chi connectivity index (χ4n) is 2.28. The molecule has 3 nitrogen and oxygen atoms in total. The smallest absolute Gasteiger partial charge is 0.397 e. The van der Waals surface area contributed by atoms with Gasteiger partial charge in [0.25, 0.3) is 0 Å². The van der Waals surface area contributed by atoms with Gasteiger partial charge in [-0.1, -0.05) is 30.3 Å². The Morgan fingerprint density at radius 1 is 1.00 bits per heavy atom. The lowest BCUT2D eigenvalue weighted by Gasteiger charge is -2.08. The minimum atomic E-state index is -4.50. The summed E-state index contributed by atoms with van der Waals surface area (Å²) in [5, 5.41) is 0.755. The van der Waals surface area contributed by atoms with Crippen molar-refractivity contribution in [3.05, 3.63) is 71.4 Å². The molecule has 0 unspecified atom stereocenters. The van der Waals surface area contributed by atoms with Crippen LogP contribution in [0.1, 0.15) is 21.6 Å². The monoisotopic (exact) mass is 316 g/mol. The van der Waals surface area contributed by atoms with E-state index in [0.717, 1.165) is 17.5 Å². The number of hydrogen-bond donors (Lipinski definition) is 1. The SMILES string of the molecule is Nc1cccc2ccc(C(=O)c3cccc(C(F)(F)F)c3)nc12. The molecule has 2 aromatic carbocycles. The normalized spacial score (nSPS) is 11.6. The van der Waals surface area contributed by atoms with E-state index < -0.39 is 17.5 Å². The summed E-state index contributed by atoms with van der Waals surface area (Å²) >= 11 is 0. The van der Waals surface area contributed by atoms with Gasteiger partial charge in [0.1, 0.15) is 5.69 Å².